The fourth-order valence-corrected chi connectivity index (χ4v) is 1.26. The van der Waals surface area contributed by atoms with E-state index in [-0.39, 0.29) is 0 Å². The Morgan fingerprint density at radius 2 is 2.42 bits per heavy atom. The van der Waals surface area contributed by atoms with Crippen LogP contribution in [0.3, 0.4) is 0 Å². The summed E-state index contributed by atoms with van der Waals surface area (Å²) >= 11 is 0. The number of nitroso groups, excluding NO2 is 1. The summed E-state index contributed by atoms with van der Waals surface area (Å²) in [6, 6.07) is 4.88. The molecule has 0 amide bonds. The Morgan fingerprint density at radius 1 is 1.58 bits per heavy atom. The van der Waals surface area contributed by atoms with Gasteiger partial charge < -0.3 is 9.68 Å². The van der Waals surface area contributed by atoms with Crippen LogP contribution in [-0.2, 0) is 11.3 Å². The van der Waals surface area contributed by atoms with Crippen molar-refractivity contribution in [3.05, 3.63) is 28.7 Å². The Balaban J connectivity index is 2.50. The summed E-state index contributed by atoms with van der Waals surface area (Å²) in [5.41, 5.74) is 1.88. The summed E-state index contributed by atoms with van der Waals surface area (Å²) in [6.45, 7) is 0.398. The van der Waals surface area contributed by atoms with Crippen LogP contribution in [0.1, 0.15) is 5.56 Å². The van der Waals surface area contributed by atoms with Crippen molar-refractivity contribution >= 4 is 18.3 Å². The highest BCUT2D eigenvalue weighted by atomic mass is 16.5. The first-order valence-corrected chi connectivity index (χ1v) is 3.57. The summed E-state index contributed by atoms with van der Waals surface area (Å²) in [7, 11) is -0.901. The molecule has 1 aromatic carbocycles. The molecule has 0 aliphatic carbocycles. The summed E-state index contributed by atoms with van der Waals surface area (Å²) < 4.78 is 4.93. The van der Waals surface area contributed by atoms with E-state index in [1.165, 1.54) is 0 Å². The van der Waals surface area contributed by atoms with Crippen LogP contribution in [0.15, 0.2) is 23.4 Å². The van der Waals surface area contributed by atoms with Crippen molar-refractivity contribution in [3.8, 4) is 0 Å². The van der Waals surface area contributed by atoms with Crippen LogP contribution in [0.2, 0.25) is 0 Å². The number of nitrogens with zero attached hydrogens (tertiary/aromatic N) is 1. The molecular weight excluding hydrogens is 157 g/mol. The molecule has 5 heteroatoms. The average Bonchev–Trinajstić information content (AvgIpc) is 2.47. The molecular formula is C7H6BNO3. The molecule has 12 heavy (non-hydrogen) atoms. The van der Waals surface area contributed by atoms with Crippen molar-refractivity contribution in [1.82, 2.24) is 0 Å². The molecule has 0 aromatic heterocycles. The fourth-order valence-electron chi connectivity index (χ4n) is 1.26. The summed E-state index contributed by atoms with van der Waals surface area (Å²) in [5, 5.41) is 12.0. The lowest BCUT2D eigenvalue weighted by atomic mass is 9.79. The van der Waals surface area contributed by atoms with Gasteiger partial charge in [0.25, 0.3) is 0 Å². The van der Waals surface area contributed by atoms with Gasteiger partial charge in [-0.3, -0.25) is 0 Å². The zero-order chi connectivity index (χ0) is 8.55. The molecule has 1 heterocycles. The number of benzene rings is 1. The minimum atomic E-state index is -0.901. The van der Waals surface area contributed by atoms with E-state index in [1.807, 2.05) is 0 Å². The molecule has 1 aromatic rings. The van der Waals surface area contributed by atoms with Gasteiger partial charge in [-0.25, -0.2) is 0 Å². The van der Waals surface area contributed by atoms with Crippen molar-refractivity contribution in [3.63, 3.8) is 0 Å². The Labute approximate surface area is 69.3 Å². The van der Waals surface area contributed by atoms with E-state index in [9.17, 15) is 9.93 Å². The van der Waals surface area contributed by atoms with Gasteiger partial charge in [0.05, 0.1) is 6.61 Å². The lowest BCUT2D eigenvalue weighted by Gasteiger charge is -1.96. The van der Waals surface area contributed by atoms with Crippen LogP contribution in [0, 0.1) is 4.91 Å². The molecule has 4 nitrogen and oxygen atoms in total. The predicted molar refractivity (Wildman–Crippen MR) is 44.3 cm³/mol. The monoisotopic (exact) mass is 163 g/mol. The zero-order valence-corrected chi connectivity index (χ0v) is 6.23. The number of fused-ring (bicyclic) bond motifs is 1. The summed E-state index contributed by atoms with van der Waals surface area (Å²) in [5.74, 6) is 0. The second kappa shape index (κ2) is 2.69. The van der Waals surface area contributed by atoms with Crippen LogP contribution in [0.5, 0.6) is 0 Å². The van der Waals surface area contributed by atoms with E-state index in [1.54, 1.807) is 18.2 Å². The zero-order valence-electron chi connectivity index (χ0n) is 6.23. The molecule has 0 saturated carbocycles. The van der Waals surface area contributed by atoms with Gasteiger partial charge in [-0.1, -0.05) is 6.07 Å². The van der Waals surface area contributed by atoms with Crippen LogP contribution in [-0.4, -0.2) is 12.1 Å². The van der Waals surface area contributed by atoms with Gasteiger partial charge in [0, 0.05) is 0 Å². The van der Waals surface area contributed by atoms with Crippen molar-refractivity contribution < 1.29 is 9.68 Å². The van der Waals surface area contributed by atoms with Crippen molar-refractivity contribution in [1.29, 1.82) is 0 Å². The van der Waals surface area contributed by atoms with Gasteiger partial charge in [-0.15, -0.1) is 4.91 Å². The number of hydrogen-bond acceptors (Lipinski definition) is 4. The summed E-state index contributed by atoms with van der Waals surface area (Å²) in [4.78, 5) is 10.1. The standard InChI is InChI=1S/C7H6BNO3/c10-8-7-3-6(9-11)2-1-5(7)4-12-8/h1-3,10H,4H2. The Morgan fingerprint density at radius 3 is 3.17 bits per heavy atom. The highest BCUT2D eigenvalue weighted by molar-refractivity contribution is 6.61. The second-order valence-electron chi connectivity index (χ2n) is 2.64. The molecule has 1 aliphatic heterocycles. The highest BCUT2D eigenvalue weighted by Gasteiger charge is 2.27. The first-order valence-electron chi connectivity index (χ1n) is 3.57. The van der Waals surface area contributed by atoms with E-state index in [4.69, 9.17) is 4.65 Å². The lowest BCUT2D eigenvalue weighted by molar-refractivity contribution is 0.275. The van der Waals surface area contributed by atoms with E-state index < -0.39 is 7.12 Å². The summed E-state index contributed by atoms with van der Waals surface area (Å²) in [6.07, 6.45) is 0. The Kier molecular flexibility index (Phi) is 1.67. The minimum Gasteiger partial charge on any atom is -0.423 e. The molecule has 0 atom stereocenters. The molecule has 0 fully saturated rings. The minimum absolute atomic E-state index is 0.318. The quantitative estimate of drug-likeness (QED) is 0.478. The van der Waals surface area contributed by atoms with Crippen molar-refractivity contribution in [2.75, 3.05) is 0 Å². The number of rotatable bonds is 1. The van der Waals surface area contributed by atoms with Crippen LogP contribution >= 0.6 is 0 Å². The van der Waals surface area contributed by atoms with Crippen LogP contribution in [0.25, 0.3) is 0 Å². The van der Waals surface area contributed by atoms with Gasteiger partial charge in [0.2, 0.25) is 0 Å². The SMILES string of the molecule is O=Nc1ccc2c(c1)B(O)OC2. The second-order valence-corrected chi connectivity index (χ2v) is 2.64. The molecule has 0 saturated heterocycles. The smallest absolute Gasteiger partial charge is 0.423 e. The van der Waals surface area contributed by atoms with E-state index in [0.29, 0.717) is 17.8 Å². The lowest BCUT2D eigenvalue weighted by Crippen LogP contribution is -2.27. The molecule has 0 radical (unpaired) electrons. The van der Waals surface area contributed by atoms with Gasteiger partial charge in [-0.05, 0) is 28.3 Å². The molecule has 2 rings (SSSR count). The maximum Gasteiger partial charge on any atom is 0.491 e. The molecule has 60 valence electrons. The largest absolute Gasteiger partial charge is 0.491 e. The van der Waals surface area contributed by atoms with E-state index in [0.717, 1.165) is 5.56 Å². The molecule has 1 N–H and O–H groups in total. The molecule has 0 unspecified atom stereocenters. The van der Waals surface area contributed by atoms with Crippen LogP contribution < -0.4 is 5.46 Å². The third-order valence-electron chi connectivity index (χ3n) is 1.90. The average molecular weight is 163 g/mol. The van der Waals surface area contributed by atoms with E-state index >= 15 is 0 Å². The Hall–Kier alpha value is -1.20. The molecule has 1 aliphatic rings. The maximum atomic E-state index is 10.1. The third-order valence-corrected chi connectivity index (χ3v) is 1.90. The van der Waals surface area contributed by atoms with Crippen LogP contribution in [0.4, 0.5) is 5.69 Å². The van der Waals surface area contributed by atoms with Gasteiger partial charge in [0.15, 0.2) is 0 Å². The third kappa shape index (κ3) is 1.03. The van der Waals surface area contributed by atoms with Crippen molar-refractivity contribution in [2.45, 2.75) is 6.61 Å². The van der Waals surface area contributed by atoms with Gasteiger partial charge >= 0.3 is 7.12 Å². The van der Waals surface area contributed by atoms with Gasteiger partial charge in [-0.2, -0.15) is 0 Å². The Bertz CT molecular complexity index is 328. The predicted octanol–water partition coefficient (Wildman–Crippen LogP) is 0.302. The maximum absolute atomic E-state index is 10.1. The first-order chi connectivity index (χ1) is 5.81. The van der Waals surface area contributed by atoms with Crippen molar-refractivity contribution in [2.24, 2.45) is 5.18 Å². The highest BCUT2D eigenvalue weighted by Crippen LogP contribution is 2.15. The number of hydrogen-bond donors (Lipinski definition) is 1. The molecule has 0 bridgehead atoms. The van der Waals surface area contributed by atoms with Gasteiger partial charge in [0.1, 0.15) is 5.69 Å². The fraction of sp³-hybridized carbons (Fsp3) is 0.143. The topological polar surface area (TPSA) is 58.9 Å². The normalized spacial score (nSPS) is 14.6. The van der Waals surface area contributed by atoms with E-state index in [2.05, 4.69) is 5.18 Å². The molecule has 0 spiro atoms. The first kappa shape index (κ1) is 7.45.